The van der Waals surface area contributed by atoms with Crippen LogP contribution < -0.4 is 5.32 Å². The molecule has 3 rings (SSSR count). The maximum atomic E-state index is 9.30. The van der Waals surface area contributed by atoms with E-state index >= 15 is 0 Å². The summed E-state index contributed by atoms with van der Waals surface area (Å²) in [5.74, 6) is 0. The molecule has 0 aliphatic heterocycles. The Labute approximate surface area is 149 Å². The van der Waals surface area contributed by atoms with Crippen LogP contribution in [-0.4, -0.2) is 14.9 Å². The topological polar surface area (TPSA) is 50.1 Å². The van der Waals surface area contributed by atoms with Gasteiger partial charge in [-0.15, -0.1) is 0 Å². The fourth-order valence-electron chi connectivity index (χ4n) is 3.09. The molecule has 2 N–H and O–H groups in total. The Balaban J connectivity index is 1.76. The molecular formula is C21H25N3O. The number of hydrogen-bond acceptors (Lipinski definition) is 3. The van der Waals surface area contributed by atoms with Gasteiger partial charge in [-0.25, -0.2) is 4.68 Å². The van der Waals surface area contributed by atoms with Crippen LogP contribution in [-0.2, 0) is 13.2 Å². The Morgan fingerprint density at radius 1 is 1.08 bits per heavy atom. The summed E-state index contributed by atoms with van der Waals surface area (Å²) in [6.45, 7) is 7.14. The molecule has 1 aromatic heterocycles. The van der Waals surface area contributed by atoms with E-state index in [1.807, 2.05) is 41.1 Å². The van der Waals surface area contributed by atoms with Crippen LogP contribution in [0.25, 0.3) is 5.69 Å². The van der Waals surface area contributed by atoms with Crippen LogP contribution in [0.4, 0.5) is 0 Å². The molecule has 0 amide bonds. The Hall–Kier alpha value is -2.43. The van der Waals surface area contributed by atoms with Gasteiger partial charge in [-0.3, -0.25) is 0 Å². The summed E-state index contributed by atoms with van der Waals surface area (Å²) in [5.41, 5.74) is 6.64. The van der Waals surface area contributed by atoms with Gasteiger partial charge in [0.25, 0.3) is 0 Å². The van der Waals surface area contributed by atoms with Gasteiger partial charge in [0.1, 0.15) is 0 Å². The lowest BCUT2D eigenvalue weighted by molar-refractivity contribution is 0.281. The van der Waals surface area contributed by atoms with Crippen LogP contribution >= 0.6 is 0 Å². The fraction of sp³-hybridized carbons (Fsp3) is 0.286. The first-order valence-electron chi connectivity index (χ1n) is 8.63. The summed E-state index contributed by atoms with van der Waals surface area (Å²) in [7, 11) is 0. The monoisotopic (exact) mass is 335 g/mol. The van der Waals surface area contributed by atoms with E-state index in [4.69, 9.17) is 5.10 Å². The summed E-state index contributed by atoms with van der Waals surface area (Å²) in [6, 6.07) is 18.5. The molecule has 130 valence electrons. The Bertz CT molecular complexity index is 840. The first-order valence-corrected chi connectivity index (χ1v) is 8.63. The molecule has 2 aromatic carbocycles. The lowest BCUT2D eigenvalue weighted by Crippen LogP contribution is -2.19. The highest BCUT2D eigenvalue weighted by molar-refractivity contribution is 5.37. The second-order valence-corrected chi connectivity index (χ2v) is 6.40. The summed E-state index contributed by atoms with van der Waals surface area (Å²) >= 11 is 0. The SMILES string of the molecule is Cc1nn(-c2ccccc2)c(C)c1CNC(C)c1cccc(CO)c1. The number of para-hydroxylation sites is 1. The quantitative estimate of drug-likeness (QED) is 0.720. The first-order chi connectivity index (χ1) is 12.1. The highest BCUT2D eigenvalue weighted by Gasteiger charge is 2.14. The molecule has 0 bridgehead atoms. The highest BCUT2D eigenvalue weighted by atomic mass is 16.3. The normalized spacial score (nSPS) is 12.3. The van der Waals surface area contributed by atoms with Crippen molar-refractivity contribution >= 4 is 0 Å². The van der Waals surface area contributed by atoms with Gasteiger partial charge >= 0.3 is 0 Å². The van der Waals surface area contributed by atoms with E-state index in [1.54, 1.807) is 0 Å². The van der Waals surface area contributed by atoms with E-state index in [0.717, 1.165) is 29.2 Å². The zero-order valence-electron chi connectivity index (χ0n) is 15.0. The molecule has 3 aromatic rings. The molecule has 0 radical (unpaired) electrons. The van der Waals surface area contributed by atoms with Gasteiger partial charge in [-0.2, -0.15) is 5.10 Å². The van der Waals surface area contributed by atoms with Gasteiger partial charge in [-0.1, -0.05) is 42.5 Å². The van der Waals surface area contributed by atoms with Crippen molar-refractivity contribution in [2.24, 2.45) is 0 Å². The van der Waals surface area contributed by atoms with Crippen molar-refractivity contribution in [3.8, 4) is 5.69 Å². The van der Waals surface area contributed by atoms with Crippen molar-refractivity contribution < 1.29 is 5.11 Å². The molecule has 4 heteroatoms. The van der Waals surface area contributed by atoms with E-state index in [2.05, 4.69) is 44.3 Å². The molecular weight excluding hydrogens is 310 g/mol. The lowest BCUT2D eigenvalue weighted by atomic mass is 10.0. The number of aryl methyl sites for hydroxylation is 1. The largest absolute Gasteiger partial charge is 0.392 e. The average molecular weight is 335 g/mol. The molecule has 1 heterocycles. The van der Waals surface area contributed by atoms with Crippen molar-refractivity contribution in [2.45, 2.75) is 40.0 Å². The van der Waals surface area contributed by atoms with Crippen molar-refractivity contribution in [3.05, 3.63) is 82.7 Å². The van der Waals surface area contributed by atoms with Gasteiger partial charge in [-0.05, 0) is 44.0 Å². The van der Waals surface area contributed by atoms with E-state index < -0.39 is 0 Å². The second-order valence-electron chi connectivity index (χ2n) is 6.40. The molecule has 0 fully saturated rings. The van der Waals surface area contributed by atoms with Crippen molar-refractivity contribution in [2.75, 3.05) is 0 Å². The van der Waals surface area contributed by atoms with Crippen LogP contribution in [0.2, 0.25) is 0 Å². The van der Waals surface area contributed by atoms with Crippen LogP contribution in [0, 0.1) is 13.8 Å². The molecule has 0 aliphatic carbocycles. The number of rotatable bonds is 6. The third kappa shape index (κ3) is 3.81. The van der Waals surface area contributed by atoms with Gasteiger partial charge < -0.3 is 10.4 Å². The van der Waals surface area contributed by atoms with E-state index in [9.17, 15) is 5.11 Å². The Morgan fingerprint density at radius 2 is 1.84 bits per heavy atom. The summed E-state index contributed by atoms with van der Waals surface area (Å²) in [6.07, 6.45) is 0. The fourth-order valence-corrected chi connectivity index (χ4v) is 3.09. The predicted molar refractivity (Wildman–Crippen MR) is 101 cm³/mol. The van der Waals surface area contributed by atoms with E-state index in [1.165, 1.54) is 11.1 Å². The third-order valence-electron chi connectivity index (χ3n) is 4.66. The number of aromatic nitrogens is 2. The molecule has 4 nitrogen and oxygen atoms in total. The van der Waals surface area contributed by atoms with Crippen molar-refractivity contribution in [3.63, 3.8) is 0 Å². The van der Waals surface area contributed by atoms with Gasteiger partial charge in [0.2, 0.25) is 0 Å². The van der Waals surface area contributed by atoms with Crippen molar-refractivity contribution in [1.29, 1.82) is 0 Å². The van der Waals surface area contributed by atoms with Gasteiger partial charge in [0, 0.05) is 23.8 Å². The molecule has 0 spiro atoms. The zero-order chi connectivity index (χ0) is 17.8. The molecule has 25 heavy (non-hydrogen) atoms. The minimum Gasteiger partial charge on any atom is -0.392 e. The first kappa shape index (κ1) is 17.4. The van der Waals surface area contributed by atoms with E-state index in [0.29, 0.717) is 0 Å². The number of hydrogen-bond donors (Lipinski definition) is 2. The van der Waals surface area contributed by atoms with Crippen LogP contribution in [0.1, 0.15) is 41.0 Å². The molecule has 1 unspecified atom stereocenters. The number of nitrogens with zero attached hydrogens (tertiary/aromatic N) is 2. The lowest BCUT2D eigenvalue weighted by Gasteiger charge is -2.15. The van der Waals surface area contributed by atoms with Crippen molar-refractivity contribution in [1.82, 2.24) is 15.1 Å². The van der Waals surface area contributed by atoms with Crippen LogP contribution in [0.15, 0.2) is 54.6 Å². The maximum Gasteiger partial charge on any atom is 0.0681 e. The van der Waals surface area contributed by atoms with Crippen LogP contribution in [0.3, 0.4) is 0 Å². The van der Waals surface area contributed by atoms with Gasteiger partial charge in [0.05, 0.1) is 18.0 Å². The average Bonchev–Trinajstić information content (AvgIpc) is 2.94. The number of benzene rings is 2. The predicted octanol–water partition coefficient (Wildman–Crippen LogP) is 3.83. The summed E-state index contributed by atoms with van der Waals surface area (Å²) in [4.78, 5) is 0. The highest BCUT2D eigenvalue weighted by Crippen LogP contribution is 2.20. The minimum atomic E-state index is 0.0720. The number of nitrogens with one attached hydrogen (secondary N) is 1. The molecule has 0 saturated heterocycles. The Kier molecular flexibility index (Phi) is 5.31. The second kappa shape index (κ2) is 7.64. The third-order valence-corrected chi connectivity index (χ3v) is 4.66. The smallest absolute Gasteiger partial charge is 0.0681 e. The Morgan fingerprint density at radius 3 is 2.56 bits per heavy atom. The number of aliphatic hydroxyl groups excluding tert-OH is 1. The van der Waals surface area contributed by atoms with Gasteiger partial charge in [0.15, 0.2) is 0 Å². The molecule has 0 aliphatic rings. The van der Waals surface area contributed by atoms with Crippen LogP contribution in [0.5, 0.6) is 0 Å². The summed E-state index contributed by atoms with van der Waals surface area (Å²) in [5, 5.41) is 17.6. The standard InChI is InChI=1S/C21H25N3O/c1-15(19-9-7-8-18(12-19)14-25)22-13-21-16(2)23-24(17(21)3)20-10-5-4-6-11-20/h4-12,15,22,25H,13-14H2,1-3H3. The number of aliphatic hydroxyl groups is 1. The maximum absolute atomic E-state index is 9.30. The summed E-state index contributed by atoms with van der Waals surface area (Å²) < 4.78 is 2.00. The van der Waals surface area contributed by atoms with E-state index in [-0.39, 0.29) is 12.6 Å². The molecule has 1 atom stereocenters. The molecule has 0 saturated carbocycles. The minimum absolute atomic E-state index is 0.0720. The zero-order valence-corrected chi connectivity index (χ0v) is 15.0.